The Balaban J connectivity index is 1.45. The Hall–Kier alpha value is -2.67. The number of fused-ring (bicyclic) bond motifs is 1. The summed E-state index contributed by atoms with van der Waals surface area (Å²) >= 11 is 0. The number of hydrogen-bond acceptors (Lipinski definition) is 4. The SMILES string of the molecule is CCc1cccc(C)c1NC(=O)CCS(=O)(=O)c1ccc2c(c1)C[C@@H](C)N2C(=O)C1CC1. The van der Waals surface area contributed by atoms with Gasteiger partial charge in [-0.05, 0) is 74.4 Å². The first-order valence-electron chi connectivity index (χ1n) is 11.3. The highest BCUT2D eigenvalue weighted by Gasteiger charge is 2.39. The van der Waals surface area contributed by atoms with Gasteiger partial charge in [-0.3, -0.25) is 9.59 Å². The quantitative estimate of drug-likeness (QED) is 0.684. The van der Waals surface area contributed by atoms with Crippen molar-refractivity contribution in [2.45, 2.75) is 63.8 Å². The maximum absolute atomic E-state index is 12.9. The van der Waals surface area contributed by atoms with E-state index in [-0.39, 0.29) is 40.8 Å². The fourth-order valence-electron chi connectivity index (χ4n) is 4.41. The molecule has 2 aromatic carbocycles. The summed E-state index contributed by atoms with van der Waals surface area (Å²) < 4.78 is 25.9. The normalized spacial score (nSPS) is 17.8. The Morgan fingerprint density at radius 1 is 1.16 bits per heavy atom. The average molecular weight is 455 g/mol. The lowest BCUT2D eigenvalue weighted by atomic mass is 10.1. The molecule has 1 saturated carbocycles. The van der Waals surface area contributed by atoms with Gasteiger partial charge in [0.05, 0.1) is 10.6 Å². The monoisotopic (exact) mass is 454 g/mol. The van der Waals surface area contributed by atoms with Crippen LogP contribution in [0, 0.1) is 12.8 Å². The van der Waals surface area contributed by atoms with Crippen molar-refractivity contribution in [2.75, 3.05) is 16.0 Å². The molecule has 4 rings (SSSR count). The lowest BCUT2D eigenvalue weighted by Gasteiger charge is -2.22. The summed E-state index contributed by atoms with van der Waals surface area (Å²) in [5.41, 5.74) is 4.45. The number of nitrogens with zero attached hydrogens (tertiary/aromatic N) is 1. The van der Waals surface area contributed by atoms with Crippen LogP contribution in [0.1, 0.15) is 49.8 Å². The third-order valence-electron chi connectivity index (χ3n) is 6.39. The molecule has 0 unspecified atom stereocenters. The molecule has 6 nitrogen and oxygen atoms in total. The summed E-state index contributed by atoms with van der Waals surface area (Å²) in [6, 6.07) is 10.8. The van der Waals surface area contributed by atoms with E-state index in [1.54, 1.807) is 18.2 Å². The molecule has 0 aromatic heterocycles. The zero-order chi connectivity index (χ0) is 23.0. The van der Waals surface area contributed by atoms with Gasteiger partial charge in [0, 0.05) is 29.8 Å². The van der Waals surface area contributed by atoms with Gasteiger partial charge in [-0.25, -0.2) is 8.42 Å². The number of carbonyl (C=O) groups is 2. The smallest absolute Gasteiger partial charge is 0.230 e. The van der Waals surface area contributed by atoms with Crippen LogP contribution >= 0.6 is 0 Å². The van der Waals surface area contributed by atoms with Crippen LogP contribution in [0.25, 0.3) is 0 Å². The van der Waals surface area contributed by atoms with Gasteiger partial charge in [-0.15, -0.1) is 0 Å². The molecule has 1 aliphatic heterocycles. The molecule has 0 radical (unpaired) electrons. The molecule has 7 heteroatoms. The molecular formula is C25H30N2O4S. The number of para-hydroxylation sites is 1. The van der Waals surface area contributed by atoms with E-state index in [9.17, 15) is 18.0 Å². The molecule has 2 amide bonds. The van der Waals surface area contributed by atoms with Crippen molar-refractivity contribution in [3.8, 4) is 0 Å². The number of hydrogen-bond donors (Lipinski definition) is 1. The number of amides is 2. The minimum Gasteiger partial charge on any atom is -0.326 e. The molecule has 170 valence electrons. The molecular weight excluding hydrogens is 424 g/mol. The second kappa shape index (κ2) is 8.70. The average Bonchev–Trinajstić information content (AvgIpc) is 3.55. The van der Waals surface area contributed by atoms with Crippen LogP contribution in [0.4, 0.5) is 11.4 Å². The molecule has 0 spiro atoms. The number of rotatable bonds is 7. The first-order valence-corrected chi connectivity index (χ1v) is 12.9. The van der Waals surface area contributed by atoms with E-state index in [1.165, 1.54) is 0 Å². The van der Waals surface area contributed by atoms with Gasteiger partial charge >= 0.3 is 0 Å². The minimum atomic E-state index is -3.62. The van der Waals surface area contributed by atoms with E-state index in [1.807, 2.05) is 43.9 Å². The number of anilines is 2. The van der Waals surface area contributed by atoms with Crippen LogP contribution in [-0.2, 0) is 32.3 Å². The predicted octanol–water partition coefficient (Wildman–Crippen LogP) is 4.05. The van der Waals surface area contributed by atoms with Gasteiger partial charge in [0.1, 0.15) is 0 Å². The predicted molar refractivity (Wildman–Crippen MR) is 126 cm³/mol. The molecule has 1 fully saturated rings. The van der Waals surface area contributed by atoms with Crippen molar-refractivity contribution in [1.82, 2.24) is 0 Å². The number of carbonyl (C=O) groups excluding carboxylic acids is 2. The standard InChI is InChI=1S/C25H30N2O4S/c1-4-18-7-5-6-16(2)24(18)26-23(28)12-13-32(30,31)21-10-11-22-20(15-21)14-17(3)27(22)25(29)19-8-9-19/h5-7,10-11,15,17,19H,4,8-9,12-14H2,1-3H3,(H,26,28)/t17-/m1/s1. The van der Waals surface area contributed by atoms with E-state index in [2.05, 4.69) is 5.32 Å². The van der Waals surface area contributed by atoms with Crippen molar-refractivity contribution in [2.24, 2.45) is 5.92 Å². The molecule has 2 aromatic rings. The second-order valence-corrected chi connectivity index (χ2v) is 11.0. The van der Waals surface area contributed by atoms with Crippen molar-refractivity contribution >= 4 is 33.0 Å². The van der Waals surface area contributed by atoms with Crippen molar-refractivity contribution in [3.05, 3.63) is 53.1 Å². The number of aryl methyl sites for hydroxylation is 2. The molecule has 2 aliphatic rings. The largest absolute Gasteiger partial charge is 0.326 e. The van der Waals surface area contributed by atoms with E-state index < -0.39 is 9.84 Å². The summed E-state index contributed by atoms with van der Waals surface area (Å²) in [5, 5.41) is 2.89. The highest BCUT2D eigenvalue weighted by molar-refractivity contribution is 7.91. The maximum Gasteiger partial charge on any atom is 0.230 e. The molecule has 0 bridgehead atoms. The summed E-state index contributed by atoms with van der Waals surface area (Å²) in [6.07, 6.45) is 3.19. The summed E-state index contributed by atoms with van der Waals surface area (Å²) in [5.74, 6) is -0.308. The topological polar surface area (TPSA) is 83.6 Å². The number of sulfone groups is 1. The lowest BCUT2D eigenvalue weighted by Crippen LogP contribution is -2.36. The maximum atomic E-state index is 12.9. The van der Waals surface area contributed by atoms with E-state index in [4.69, 9.17) is 0 Å². The molecule has 1 N–H and O–H groups in total. The van der Waals surface area contributed by atoms with Gasteiger partial charge < -0.3 is 10.2 Å². The molecule has 32 heavy (non-hydrogen) atoms. The van der Waals surface area contributed by atoms with Gasteiger partial charge in [0.2, 0.25) is 11.8 Å². The van der Waals surface area contributed by atoms with Gasteiger partial charge in [-0.2, -0.15) is 0 Å². The van der Waals surface area contributed by atoms with Gasteiger partial charge in [-0.1, -0.05) is 25.1 Å². The second-order valence-electron chi connectivity index (χ2n) is 8.91. The van der Waals surface area contributed by atoms with Crippen molar-refractivity contribution in [3.63, 3.8) is 0 Å². The Morgan fingerprint density at radius 2 is 1.91 bits per heavy atom. The summed E-state index contributed by atoms with van der Waals surface area (Å²) in [7, 11) is -3.62. The van der Waals surface area contributed by atoms with Gasteiger partial charge in [0.15, 0.2) is 9.84 Å². The third-order valence-corrected chi connectivity index (χ3v) is 8.11. The highest BCUT2D eigenvalue weighted by Crippen LogP contribution is 2.39. The van der Waals surface area contributed by atoms with Crippen LogP contribution in [0.3, 0.4) is 0 Å². The van der Waals surface area contributed by atoms with Crippen LogP contribution in [0.2, 0.25) is 0 Å². The van der Waals surface area contributed by atoms with Crippen LogP contribution in [0.15, 0.2) is 41.3 Å². The Morgan fingerprint density at radius 3 is 2.59 bits per heavy atom. The van der Waals surface area contributed by atoms with Crippen molar-refractivity contribution < 1.29 is 18.0 Å². The highest BCUT2D eigenvalue weighted by atomic mass is 32.2. The number of benzene rings is 2. The molecule has 1 heterocycles. The Labute approximate surface area is 189 Å². The summed E-state index contributed by atoms with van der Waals surface area (Å²) in [6.45, 7) is 5.94. The van der Waals surface area contributed by atoms with Crippen molar-refractivity contribution in [1.29, 1.82) is 0 Å². The van der Waals surface area contributed by atoms with Crippen LogP contribution < -0.4 is 10.2 Å². The fraction of sp³-hybridized carbons (Fsp3) is 0.440. The Bertz CT molecular complexity index is 1170. The minimum absolute atomic E-state index is 0.0312. The van der Waals surface area contributed by atoms with E-state index in [0.29, 0.717) is 6.42 Å². The summed E-state index contributed by atoms with van der Waals surface area (Å²) in [4.78, 5) is 27.2. The molecule has 1 atom stereocenters. The lowest BCUT2D eigenvalue weighted by molar-refractivity contribution is -0.120. The van der Waals surface area contributed by atoms with Gasteiger partial charge in [0.25, 0.3) is 0 Å². The molecule has 1 aliphatic carbocycles. The Kier molecular flexibility index (Phi) is 6.12. The zero-order valence-electron chi connectivity index (χ0n) is 18.8. The number of nitrogens with one attached hydrogen (secondary N) is 1. The molecule has 0 saturated heterocycles. The first kappa shape index (κ1) is 22.5. The fourth-order valence-corrected chi connectivity index (χ4v) is 5.70. The van der Waals surface area contributed by atoms with E-state index >= 15 is 0 Å². The van der Waals surface area contributed by atoms with Crippen LogP contribution in [-0.4, -0.2) is 32.0 Å². The zero-order valence-corrected chi connectivity index (χ0v) is 19.7. The first-order chi connectivity index (χ1) is 15.2. The van der Waals surface area contributed by atoms with Crippen LogP contribution in [0.5, 0.6) is 0 Å². The third kappa shape index (κ3) is 4.44. The van der Waals surface area contributed by atoms with E-state index in [0.717, 1.165) is 47.3 Å².